The number of rotatable bonds is 4. The van der Waals surface area contributed by atoms with Crippen LogP contribution in [0.25, 0.3) is 0 Å². The smallest absolute Gasteiger partial charge is 0.289 e. The summed E-state index contributed by atoms with van der Waals surface area (Å²) in [6, 6.07) is 7.11. The summed E-state index contributed by atoms with van der Waals surface area (Å²) in [5.74, 6) is -0.461. The molecule has 0 fully saturated rings. The summed E-state index contributed by atoms with van der Waals surface area (Å²) in [4.78, 5) is 11.6. The zero-order chi connectivity index (χ0) is 19.5. The average Bonchev–Trinajstić information content (AvgIpc) is 2.53. The number of ketones is 1. The molecule has 0 spiro atoms. The zero-order valence-electron chi connectivity index (χ0n) is 12.7. The van der Waals surface area contributed by atoms with Gasteiger partial charge in [-0.25, -0.2) is 0 Å². The largest absolute Gasteiger partial charge is 0.416 e. The Labute approximate surface area is 153 Å². The molecule has 0 N–H and O–H groups in total. The van der Waals surface area contributed by atoms with Crippen molar-refractivity contribution in [1.82, 2.24) is 0 Å². The van der Waals surface area contributed by atoms with Gasteiger partial charge >= 0.3 is 12.4 Å². The van der Waals surface area contributed by atoms with E-state index in [2.05, 4.69) is 0 Å². The van der Waals surface area contributed by atoms with E-state index in [1.807, 2.05) is 0 Å². The maximum atomic E-state index is 12.8. The van der Waals surface area contributed by atoms with E-state index in [1.54, 1.807) is 0 Å². The van der Waals surface area contributed by atoms with E-state index in [1.165, 1.54) is 24.3 Å². The third kappa shape index (κ3) is 5.54. The molecule has 2 aromatic carbocycles. The van der Waals surface area contributed by atoms with Gasteiger partial charge in [0.1, 0.15) is 0 Å². The summed E-state index contributed by atoms with van der Waals surface area (Å²) in [5.41, 5.74) is -2.54. The van der Waals surface area contributed by atoms with Gasteiger partial charge in [0.2, 0.25) is 0 Å². The summed E-state index contributed by atoms with van der Waals surface area (Å²) in [6.45, 7) is 0. The number of hydrogen-bond donors (Lipinski definition) is 0. The zero-order valence-corrected chi connectivity index (χ0v) is 14.2. The van der Waals surface area contributed by atoms with Crippen molar-refractivity contribution in [2.75, 3.05) is 0 Å². The van der Waals surface area contributed by atoms with Crippen molar-refractivity contribution in [1.29, 1.82) is 0 Å². The molecule has 0 aromatic heterocycles. The highest BCUT2D eigenvalue weighted by Crippen LogP contribution is 2.38. The second-order valence-corrected chi connectivity index (χ2v) is 6.45. The summed E-state index contributed by atoms with van der Waals surface area (Å²) in [6.07, 6.45) is -8.78. The fourth-order valence-corrected chi connectivity index (χ4v) is 2.74. The molecule has 0 radical (unpaired) electrons. The molecule has 0 unspecified atom stereocenters. The average molecular weight is 411 g/mol. The Balaban J connectivity index is 2.23. The lowest BCUT2D eigenvalue weighted by molar-refractivity contribution is -0.143. The molecule has 2 rings (SSSR count). The minimum Gasteiger partial charge on any atom is -0.289 e. The lowest BCUT2D eigenvalue weighted by atomic mass is 10.1. The normalized spacial score (nSPS) is 12.6. The molecule has 0 saturated carbocycles. The molecule has 9 heteroatoms. The number of allylic oxidation sites excluding steroid dienone is 1. The van der Waals surface area contributed by atoms with Crippen LogP contribution in [0.5, 0.6) is 0 Å². The van der Waals surface area contributed by atoms with Crippen molar-refractivity contribution in [2.24, 2.45) is 0 Å². The van der Waals surface area contributed by atoms with E-state index in [-0.39, 0.29) is 16.5 Å². The highest BCUT2D eigenvalue weighted by Gasteiger charge is 2.36. The van der Waals surface area contributed by atoms with Crippen LogP contribution in [0.1, 0.15) is 21.5 Å². The van der Waals surface area contributed by atoms with Crippen LogP contribution in [0.15, 0.2) is 58.8 Å². The summed E-state index contributed by atoms with van der Waals surface area (Å²) >= 11 is 6.27. The molecular weight excluding hydrogens is 402 g/mol. The van der Waals surface area contributed by atoms with E-state index in [0.717, 1.165) is 11.5 Å². The minimum atomic E-state index is -4.92. The predicted molar refractivity (Wildman–Crippen MR) is 87.2 cm³/mol. The second kappa shape index (κ2) is 7.75. The third-order valence-corrected chi connectivity index (χ3v) is 4.15. The molecule has 0 atom stereocenters. The van der Waals surface area contributed by atoms with Gasteiger partial charge in [-0.1, -0.05) is 23.4 Å². The second-order valence-electron chi connectivity index (χ2n) is 5.03. The number of halogens is 7. The highest BCUT2D eigenvalue weighted by atomic mass is 35.5. The van der Waals surface area contributed by atoms with Crippen molar-refractivity contribution in [2.45, 2.75) is 17.2 Å². The number of thioether (sulfide) groups is 1. The fraction of sp³-hybridized carbons (Fsp3) is 0.118. The standard InChI is InChI=1S/C17H9ClF6OS/c18-13-3-1-10(2-4-13)15(25)5-6-26-14-8-11(16(19,20)21)7-12(9-14)17(22,23)24/h1-9H/b6-5+. The van der Waals surface area contributed by atoms with Crippen LogP contribution in [0.4, 0.5) is 26.3 Å². The summed E-state index contributed by atoms with van der Waals surface area (Å²) < 4.78 is 76.7. The first-order chi connectivity index (χ1) is 12.0. The monoisotopic (exact) mass is 410 g/mol. The van der Waals surface area contributed by atoms with E-state index in [4.69, 9.17) is 11.6 Å². The van der Waals surface area contributed by atoms with E-state index in [9.17, 15) is 31.1 Å². The molecule has 0 aliphatic heterocycles. The molecule has 138 valence electrons. The quantitative estimate of drug-likeness (QED) is 0.237. The van der Waals surface area contributed by atoms with E-state index < -0.39 is 29.3 Å². The predicted octanol–water partition coefficient (Wildman–Crippen LogP) is 6.87. The van der Waals surface area contributed by atoms with Crippen molar-refractivity contribution < 1.29 is 31.1 Å². The van der Waals surface area contributed by atoms with Gasteiger partial charge in [-0.2, -0.15) is 26.3 Å². The Morgan fingerprint density at radius 1 is 0.885 bits per heavy atom. The lowest BCUT2D eigenvalue weighted by Gasteiger charge is -2.13. The number of alkyl halides is 6. The molecule has 0 bridgehead atoms. The molecule has 26 heavy (non-hydrogen) atoms. The highest BCUT2D eigenvalue weighted by molar-refractivity contribution is 8.02. The number of benzene rings is 2. The van der Waals surface area contributed by atoms with Crippen molar-refractivity contribution in [3.63, 3.8) is 0 Å². The Hall–Kier alpha value is -1.93. The first-order valence-electron chi connectivity index (χ1n) is 6.89. The first kappa shape index (κ1) is 20.4. The number of hydrogen-bond acceptors (Lipinski definition) is 2. The molecule has 2 aromatic rings. The van der Waals surface area contributed by atoms with Gasteiger partial charge < -0.3 is 0 Å². The Morgan fingerprint density at radius 2 is 1.38 bits per heavy atom. The fourth-order valence-electron chi connectivity index (χ4n) is 1.88. The maximum Gasteiger partial charge on any atom is 0.416 e. The third-order valence-electron chi connectivity index (χ3n) is 3.11. The Morgan fingerprint density at radius 3 is 1.85 bits per heavy atom. The minimum absolute atomic E-state index is 0.0483. The van der Waals surface area contributed by atoms with Gasteiger partial charge in [0, 0.05) is 15.5 Å². The van der Waals surface area contributed by atoms with E-state index in [0.29, 0.717) is 28.9 Å². The Kier molecular flexibility index (Phi) is 6.08. The molecule has 0 amide bonds. The van der Waals surface area contributed by atoms with Crippen LogP contribution >= 0.6 is 23.4 Å². The van der Waals surface area contributed by atoms with Crippen LogP contribution in [0.2, 0.25) is 5.02 Å². The van der Waals surface area contributed by atoms with Crippen LogP contribution in [-0.2, 0) is 12.4 Å². The van der Waals surface area contributed by atoms with Crippen LogP contribution in [0.3, 0.4) is 0 Å². The van der Waals surface area contributed by atoms with E-state index >= 15 is 0 Å². The van der Waals surface area contributed by atoms with Gasteiger partial charge in [-0.05, 0) is 53.9 Å². The molecule has 0 saturated heterocycles. The van der Waals surface area contributed by atoms with Gasteiger partial charge in [0.15, 0.2) is 5.78 Å². The molecule has 1 nitrogen and oxygen atoms in total. The van der Waals surface area contributed by atoms with Gasteiger partial charge in [-0.15, -0.1) is 0 Å². The summed E-state index contributed by atoms with van der Waals surface area (Å²) in [7, 11) is 0. The lowest BCUT2D eigenvalue weighted by Crippen LogP contribution is -2.10. The molecule has 0 heterocycles. The van der Waals surface area contributed by atoms with Crippen LogP contribution in [-0.4, -0.2) is 5.78 Å². The number of carbonyl (C=O) groups excluding carboxylic acids is 1. The molecule has 0 aliphatic rings. The van der Waals surface area contributed by atoms with Crippen LogP contribution < -0.4 is 0 Å². The van der Waals surface area contributed by atoms with Gasteiger partial charge in [-0.3, -0.25) is 4.79 Å². The van der Waals surface area contributed by atoms with Gasteiger partial charge in [0.05, 0.1) is 11.1 Å². The molecular formula is C17H9ClF6OS. The van der Waals surface area contributed by atoms with Crippen molar-refractivity contribution >= 4 is 29.1 Å². The topological polar surface area (TPSA) is 17.1 Å². The van der Waals surface area contributed by atoms with Crippen molar-refractivity contribution in [3.05, 3.63) is 75.7 Å². The first-order valence-corrected chi connectivity index (χ1v) is 8.15. The maximum absolute atomic E-state index is 12.8. The number of carbonyl (C=O) groups is 1. The summed E-state index contributed by atoms with van der Waals surface area (Å²) in [5, 5.41) is 1.55. The van der Waals surface area contributed by atoms with Gasteiger partial charge in [0.25, 0.3) is 0 Å². The van der Waals surface area contributed by atoms with Crippen molar-refractivity contribution in [3.8, 4) is 0 Å². The molecule has 0 aliphatic carbocycles. The van der Waals surface area contributed by atoms with Crippen LogP contribution in [0, 0.1) is 0 Å². The SMILES string of the molecule is O=C(/C=C/Sc1cc(C(F)(F)F)cc(C(F)(F)F)c1)c1ccc(Cl)cc1. The Bertz CT molecular complexity index is 792.